The van der Waals surface area contributed by atoms with Crippen LogP contribution in [0.15, 0.2) is 43.4 Å². The molecule has 1 N–H and O–H groups in total. The van der Waals surface area contributed by atoms with Gasteiger partial charge in [0.1, 0.15) is 0 Å². The molecule has 6 nitrogen and oxygen atoms in total. The van der Waals surface area contributed by atoms with Crippen molar-refractivity contribution in [1.29, 1.82) is 0 Å². The fourth-order valence-electron chi connectivity index (χ4n) is 2.13. The number of aromatic carboxylic acids is 1. The molecule has 0 amide bonds. The number of carbonyl (C=O) groups is 1. The molecule has 0 bridgehead atoms. The van der Waals surface area contributed by atoms with Crippen molar-refractivity contribution in [2.24, 2.45) is 0 Å². The number of fused-ring (bicyclic) bond motifs is 1. The zero-order valence-electron chi connectivity index (χ0n) is 11.1. The molecule has 0 atom stereocenters. The normalized spacial score (nSPS) is 10.7. The number of carboxylic acids is 1. The molecule has 0 aromatic carbocycles. The van der Waals surface area contributed by atoms with Crippen LogP contribution in [0.3, 0.4) is 0 Å². The van der Waals surface area contributed by atoms with Crippen molar-refractivity contribution in [3.05, 3.63) is 60.2 Å². The predicted molar refractivity (Wildman–Crippen MR) is 77.9 cm³/mol. The summed E-state index contributed by atoms with van der Waals surface area (Å²) >= 11 is 0. The number of aromatic nitrogens is 4. The molecule has 0 saturated carbocycles. The molecular formula is C15H12N4O2. The fraction of sp³-hybridized carbons (Fsp3) is 0.0667. The summed E-state index contributed by atoms with van der Waals surface area (Å²) in [6, 6.07) is 5.25. The molecule has 3 rings (SSSR count). The quantitative estimate of drug-likeness (QED) is 0.792. The van der Waals surface area contributed by atoms with Crippen LogP contribution in [0.2, 0.25) is 0 Å². The average Bonchev–Trinajstić information content (AvgIpc) is 2.90. The monoisotopic (exact) mass is 280 g/mol. The second-order valence-electron chi connectivity index (χ2n) is 4.50. The number of hydrogen-bond acceptors (Lipinski definition) is 4. The first-order valence-electron chi connectivity index (χ1n) is 6.30. The van der Waals surface area contributed by atoms with Gasteiger partial charge < -0.3 is 5.11 Å². The van der Waals surface area contributed by atoms with Crippen LogP contribution in [0.1, 0.15) is 21.6 Å². The van der Waals surface area contributed by atoms with E-state index in [1.807, 2.05) is 12.1 Å². The first kappa shape index (κ1) is 13.0. The van der Waals surface area contributed by atoms with Crippen molar-refractivity contribution in [1.82, 2.24) is 19.7 Å². The molecule has 0 spiro atoms. The maximum Gasteiger partial charge on any atom is 0.336 e. The fourth-order valence-corrected chi connectivity index (χ4v) is 2.13. The Labute approximate surface area is 120 Å². The SMILES string of the molecule is C=Cc1cc(C(=O)O)c2cnn(Cc3ccncc3)c2n1. The van der Waals surface area contributed by atoms with Crippen molar-refractivity contribution in [2.45, 2.75) is 6.54 Å². The van der Waals surface area contributed by atoms with Gasteiger partial charge in [0, 0.05) is 12.4 Å². The Bertz CT molecular complexity index is 824. The van der Waals surface area contributed by atoms with Crippen LogP contribution in [0.5, 0.6) is 0 Å². The Morgan fingerprint density at radius 2 is 2.14 bits per heavy atom. The largest absolute Gasteiger partial charge is 0.478 e. The van der Waals surface area contributed by atoms with E-state index in [2.05, 4.69) is 21.6 Å². The van der Waals surface area contributed by atoms with Gasteiger partial charge in [-0.05, 0) is 29.8 Å². The lowest BCUT2D eigenvalue weighted by Crippen LogP contribution is -2.05. The lowest BCUT2D eigenvalue weighted by atomic mass is 10.1. The van der Waals surface area contributed by atoms with E-state index in [1.165, 1.54) is 18.3 Å². The van der Waals surface area contributed by atoms with Crippen LogP contribution in [-0.4, -0.2) is 30.8 Å². The van der Waals surface area contributed by atoms with Crippen LogP contribution < -0.4 is 0 Å². The highest BCUT2D eigenvalue weighted by Crippen LogP contribution is 2.20. The Morgan fingerprint density at radius 1 is 1.38 bits per heavy atom. The second-order valence-corrected chi connectivity index (χ2v) is 4.50. The van der Waals surface area contributed by atoms with Crippen molar-refractivity contribution >= 4 is 23.1 Å². The zero-order chi connectivity index (χ0) is 14.8. The molecule has 0 aliphatic heterocycles. The van der Waals surface area contributed by atoms with Crippen molar-refractivity contribution < 1.29 is 9.90 Å². The highest BCUT2D eigenvalue weighted by Gasteiger charge is 2.15. The van der Waals surface area contributed by atoms with Gasteiger partial charge in [-0.25, -0.2) is 14.5 Å². The Morgan fingerprint density at radius 3 is 2.81 bits per heavy atom. The van der Waals surface area contributed by atoms with Crippen LogP contribution in [-0.2, 0) is 6.54 Å². The van der Waals surface area contributed by atoms with Crippen molar-refractivity contribution in [3.8, 4) is 0 Å². The van der Waals surface area contributed by atoms with Gasteiger partial charge in [-0.2, -0.15) is 5.10 Å². The summed E-state index contributed by atoms with van der Waals surface area (Å²) in [4.78, 5) is 19.7. The highest BCUT2D eigenvalue weighted by atomic mass is 16.4. The minimum Gasteiger partial charge on any atom is -0.478 e. The Hall–Kier alpha value is -3.02. The molecule has 0 radical (unpaired) electrons. The number of pyridine rings is 2. The summed E-state index contributed by atoms with van der Waals surface area (Å²) in [6.07, 6.45) is 6.45. The summed E-state index contributed by atoms with van der Waals surface area (Å²) in [5, 5.41) is 14.1. The van der Waals surface area contributed by atoms with Gasteiger partial charge in [0.2, 0.25) is 0 Å². The van der Waals surface area contributed by atoms with E-state index >= 15 is 0 Å². The van der Waals surface area contributed by atoms with Gasteiger partial charge in [-0.1, -0.05) is 6.58 Å². The summed E-state index contributed by atoms with van der Waals surface area (Å²) in [5.41, 5.74) is 2.23. The van der Waals surface area contributed by atoms with Crippen molar-refractivity contribution in [2.75, 3.05) is 0 Å². The summed E-state index contributed by atoms with van der Waals surface area (Å²) < 4.78 is 1.67. The van der Waals surface area contributed by atoms with Gasteiger partial charge in [0.15, 0.2) is 5.65 Å². The average molecular weight is 280 g/mol. The molecule has 3 heterocycles. The molecule has 0 aliphatic rings. The van der Waals surface area contributed by atoms with Gasteiger partial charge in [0.05, 0.1) is 29.4 Å². The summed E-state index contributed by atoms with van der Waals surface area (Å²) in [5.74, 6) is -1.01. The summed E-state index contributed by atoms with van der Waals surface area (Å²) in [6.45, 7) is 4.14. The first-order valence-corrected chi connectivity index (χ1v) is 6.30. The minimum atomic E-state index is -1.01. The van der Waals surface area contributed by atoms with Gasteiger partial charge >= 0.3 is 5.97 Å². The minimum absolute atomic E-state index is 0.177. The molecule has 3 aromatic heterocycles. The molecule has 0 saturated heterocycles. The summed E-state index contributed by atoms with van der Waals surface area (Å²) in [7, 11) is 0. The third kappa shape index (κ3) is 2.38. The standard InChI is InChI=1S/C15H12N4O2/c1-2-11-7-12(15(20)21)13-8-17-19(14(13)18-11)9-10-3-5-16-6-4-10/h2-8H,1,9H2,(H,20,21). The van der Waals surface area contributed by atoms with Crippen LogP contribution in [0.4, 0.5) is 0 Å². The van der Waals surface area contributed by atoms with E-state index in [0.29, 0.717) is 23.3 Å². The highest BCUT2D eigenvalue weighted by molar-refractivity contribution is 6.02. The number of rotatable bonds is 4. The second kappa shape index (κ2) is 5.16. The van der Waals surface area contributed by atoms with E-state index in [0.717, 1.165) is 5.56 Å². The van der Waals surface area contributed by atoms with Crippen LogP contribution in [0, 0.1) is 0 Å². The molecule has 3 aromatic rings. The van der Waals surface area contributed by atoms with Gasteiger partial charge in [0.25, 0.3) is 0 Å². The maximum atomic E-state index is 11.3. The number of hydrogen-bond donors (Lipinski definition) is 1. The van der Waals surface area contributed by atoms with Gasteiger partial charge in [-0.3, -0.25) is 4.98 Å². The number of nitrogens with zero attached hydrogens (tertiary/aromatic N) is 4. The smallest absolute Gasteiger partial charge is 0.336 e. The molecule has 0 fully saturated rings. The third-order valence-corrected chi connectivity index (χ3v) is 3.15. The van der Waals surface area contributed by atoms with E-state index in [-0.39, 0.29) is 5.56 Å². The first-order chi connectivity index (χ1) is 10.2. The number of carboxylic acid groups (broad SMARTS) is 1. The molecule has 6 heteroatoms. The van der Waals surface area contributed by atoms with Crippen LogP contribution >= 0.6 is 0 Å². The molecule has 104 valence electrons. The Kier molecular flexibility index (Phi) is 3.19. The molecule has 21 heavy (non-hydrogen) atoms. The lowest BCUT2D eigenvalue weighted by Gasteiger charge is -2.05. The molecular weight excluding hydrogens is 268 g/mol. The third-order valence-electron chi connectivity index (χ3n) is 3.15. The molecule has 0 aliphatic carbocycles. The van der Waals surface area contributed by atoms with Crippen molar-refractivity contribution in [3.63, 3.8) is 0 Å². The zero-order valence-corrected chi connectivity index (χ0v) is 11.1. The molecule has 0 unspecified atom stereocenters. The topological polar surface area (TPSA) is 80.9 Å². The van der Waals surface area contributed by atoms with E-state index in [4.69, 9.17) is 0 Å². The van der Waals surface area contributed by atoms with E-state index in [1.54, 1.807) is 17.1 Å². The van der Waals surface area contributed by atoms with E-state index in [9.17, 15) is 9.90 Å². The van der Waals surface area contributed by atoms with Gasteiger partial charge in [-0.15, -0.1) is 0 Å². The van der Waals surface area contributed by atoms with E-state index < -0.39 is 5.97 Å². The maximum absolute atomic E-state index is 11.3. The Balaban J connectivity index is 2.14. The van der Waals surface area contributed by atoms with Crippen LogP contribution in [0.25, 0.3) is 17.1 Å². The predicted octanol–water partition coefficient (Wildman–Crippen LogP) is 2.22. The lowest BCUT2D eigenvalue weighted by molar-refractivity contribution is 0.0699.